The maximum absolute atomic E-state index is 13.4. The summed E-state index contributed by atoms with van der Waals surface area (Å²) in [6, 6.07) is 6.76. The number of aryl methyl sites for hydroxylation is 1. The van der Waals surface area contributed by atoms with E-state index in [0.29, 0.717) is 19.4 Å². The molecular formula is C23H30N4O4. The molecule has 1 N–H and O–H groups in total. The van der Waals surface area contributed by atoms with Crippen LogP contribution in [0.5, 0.6) is 5.75 Å². The SMILES string of the molecule is COc1ccc(C[C@@H]2C[C@@H](C(=O)O)N(C(=O)[C@H]3C[C@@H](c4cnn(C)c4)CN3C)C2)cc1. The molecule has 0 radical (unpaired) electrons. The molecule has 0 saturated carbocycles. The van der Waals surface area contributed by atoms with Crippen molar-refractivity contribution in [3.63, 3.8) is 0 Å². The van der Waals surface area contributed by atoms with Crippen LogP contribution in [0.2, 0.25) is 0 Å². The van der Waals surface area contributed by atoms with Gasteiger partial charge >= 0.3 is 5.97 Å². The van der Waals surface area contributed by atoms with Crippen LogP contribution in [-0.2, 0) is 23.1 Å². The summed E-state index contributed by atoms with van der Waals surface area (Å²) in [5, 5.41) is 14.0. The molecule has 31 heavy (non-hydrogen) atoms. The lowest BCUT2D eigenvalue weighted by molar-refractivity contribution is -0.149. The minimum Gasteiger partial charge on any atom is -0.497 e. The first-order valence-corrected chi connectivity index (χ1v) is 10.7. The first-order chi connectivity index (χ1) is 14.9. The van der Waals surface area contributed by atoms with Crippen LogP contribution in [0.4, 0.5) is 0 Å². The maximum Gasteiger partial charge on any atom is 0.326 e. The zero-order valence-electron chi connectivity index (χ0n) is 18.3. The Kier molecular flexibility index (Phi) is 6.00. The van der Waals surface area contributed by atoms with Crippen molar-refractivity contribution in [2.24, 2.45) is 13.0 Å². The smallest absolute Gasteiger partial charge is 0.326 e. The van der Waals surface area contributed by atoms with E-state index in [1.165, 1.54) is 0 Å². The monoisotopic (exact) mass is 426 g/mol. The first-order valence-electron chi connectivity index (χ1n) is 10.7. The lowest BCUT2D eigenvalue weighted by Crippen LogP contribution is -2.48. The van der Waals surface area contributed by atoms with Gasteiger partial charge in [0.2, 0.25) is 5.91 Å². The number of aliphatic carboxylic acids is 1. The Bertz CT molecular complexity index is 941. The van der Waals surface area contributed by atoms with Crippen LogP contribution >= 0.6 is 0 Å². The number of hydrogen-bond donors (Lipinski definition) is 1. The molecule has 2 aromatic rings. The third kappa shape index (κ3) is 4.44. The Morgan fingerprint density at radius 2 is 1.87 bits per heavy atom. The molecule has 8 nitrogen and oxygen atoms in total. The number of hydrogen-bond acceptors (Lipinski definition) is 5. The molecule has 2 aliphatic heterocycles. The van der Waals surface area contributed by atoms with Gasteiger partial charge in [-0.15, -0.1) is 0 Å². The number of carboxylic acids is 1. The van der Waals surface area contributed by atoms with Gasteiger partial charge in [0.05, 0.1) is 19.3 Å². The average Bonchev–Trinajstić information content (AvgIpc) is 3.46. The molecule has 2 aliphatic rings. The van der Waals surface area contributed by atoms with Crippen molar-refractivity contribution in [2.75, 3.05) is 27.2 Å². The van der Waals surface area contributed by atoms with E-state index in [1.807, 2.05) is 50.8 Å². The van der Waals surface area contributed by atoms with Crippen molar-refractivity contribution < 1.29 is 19.4 Å². The molecular weight excluding hydrogens is 396 g/mol. The molecule has 4 rings (SSSR count). The van der Waals surface area contributed by atoms with Gasteiger partial charge in [0.15, 0.2) is 0 Å². The number of likely N-dealkylation sites (tertiary alicyclic amines) is 2. The highest BCUT2D eigenvalue weighted by molar-refractivity contribution is 5.88. The van der Waals surface area contributed by atoms with Crippen LogP contribution in [0, 0.1) is 5.92 Å². The molecule has 4 atom stereocenters. The standard InChI is InChI=1S/C23H30N4O4/c1-25-13-17(18-11-24-26(2)14-18)10-20(25)22(28)27-12-16(9-21(27)23(29)30)8-15-4-6-19(31-3)7-5-15/h4-7,11,14,16-17,20-21H,8-10,12-13H2,1-3H3,(H,29,30)/t16-,17-,20-,21+/m1/s1. The molecule has 1 amide bonds. The number of carboxylic acid groups (broad SMARTS) is 1. The van der Waals surface area contributed by atoms with Crippen LogP contribution in [0.25, 0.3) is 0 Å². The number of likely N-dealkylation sites (N-methyl/N-ethyl adjacent to an activating group) is 1. The lowest BCUT2D eigenvalue weighted by Gasteiger charge is -2.28. The van der Waals surface area contributed by atoms with Crippen molar-refractivity contribution in [1.82, 2.24) is 19.6 Å². The van der Waals surface area contributed by atoms with Crippen molar-refractivity contribution in [2.45, 2.75) is 37.3 Å². The largest absolute Gasteiger partial charge is 0.497 e. The lowest BCUT2D eigenvalue weighted by atomic mass is 9.97. The van der Waals surface area contributed by atoms with E-state index >= 15 is 0 Å². The van der Waals surface area contributed by atoms with Gasteiger partial charge < -0.3 is 14.7 Å². The molecule has 1 aromatic heterocycles. The number of carbonyl (C=O) groups is 2. The molecule has 0 spiro atoms. The fourth-order valence-electron chi connectivity index (χ4n) is 5.02. The van der Waals surface area contributed by atoms with Crippen molar-refractivity contribution in [1.29, 1.82) is 0 Å². The minimum atomic E-state index is -0.921. The highest BCUT2D eigenvalue weighted by Crippen LogP contribution is 2.34. The van der Waals surface area contributed by atoms with Gasteiger partial charge in [-0.1, -0.05) is 12.1 Å². The summed E-state index contributed by atoms with van der Waals surface area (Å²) in [6.07, 6.45) is 5.76. The van der Waals surface area contributed by atoms with Gasteiger partial charge in [-0.05, 0) is 55.5 Å². The quantitative estimate of drug-likeness (QED) is 0.757. The van der Waals surface area contributed by atoms with Gasteiger partial charge in [0.25, 0.3) is 0 Å². The fourth-order valence-corrected chi connectivity index (χ4v) is 5.02. The number of amides is 1. The van der Waals surface area contributed by atoms with Crippen molar-refractivity contribution >= 4 is 11.9 Å². The third-order valence-corrected chi connectivity index (χ3v) is 6.67. The van der Waals surface area contributed by atoms with Gasteiger partial charge in [-0.2, -0.15) is 5.10 Å². The molecule has 2 fully saturated rings. The molecule has 0 bridgehead atoms. The predicted molar refractivity (Wildman–Crippen MR) is 115 cm³/mol. The summed E-state index contributed by atoms with van der Waals surface area (Å²) in [7, 11) is 5.46. The highest BCUT2D eigenvalue weighted by atomic mass is 16.5. The molecule has 166 valence electrons. The summed E-state index contributed by atoms with van der Waals surface area (Å²) >= 11 is 0. The second kappa shape index (κ2) is 8.70. The van der Waals surface area contributed by atoms with E-state index in [-0.39, 0.29) is 23.8 Å². The predicted octanol–water partition coefficient (Wildman–Crippen LogP) is 1.76. The van der Waals surface area contributed by atoms with Crippen LogP contribution < -0.4 is 4.74 Å². The average molecular weight is 427 g/mol. The van der Waals surface area contributed by atoms with Crippen LogP contribution in [0.3, 0.4) is 0 Å². The van der Waals surface area contributed by atoms with E-state index in [1.54, 1.807) is 16.7 Å². The second-order valence-corrected chi connectivity index (χ2v) is 8.83. The summed E-state index contributed by atoms with van der Waals surface area (Å²) in [4.78, 5) is 29.0. The summed E-state index contributed by atoms with van der Waals surface area (Å²) < 4.78 is 6.98. The summed E-state index contributed by atoms with van der Waals surface area (Å²) in [5.74, 6) is 0.157. The molecule has 3 heterocycles. The Balaban J connectivity index is 1.45. The normalized spacial score (nSPS) is 26.4. The number of aromatic nitrogens is 2. The number of ether oxygens (including phenoxy) is 1. The second-order valence-electron chi connectivity index (χ2n) is 8.83. The number of benzene rings is 1. The number of nitrogens with zero attached hydrogens (tertiary/aromatic N) is 4. The van der Waals surface area contributed by atoms with Crippen LogP contribution in [-0.4, -0.2) is 75.9 Å². The summed E-state index contributed by atoms with van der Waals surface area (Å²) in [5.41, 5.74) is 2.25. The van der Waals surface area contributed by atoms with E-state index in [2.05, 4.69) is 10.00 Å². The minimum absolute atomic E-state index is 0.0708. The topological polar surface area (TPSA) is 87.9 Å². The van der Waals surface area contributed by atoms with E-state index in [9.17, 15) is 14.7 Å². The molecule has 0 unspecified atom stereocenters. The third-order valence-electron chi connectivity index (χ3n) is 6.67. The van der Waals surface area contributed by atoms with Gasteiger partial charge in [-0.3, -0.25) is 14.4 Å². The molecule has 0 aliphatic carbocycles. The molecule has 8 heteroatoms. The molecule has 2 saturated heterocycles. The highest BCUT2D eigenvalue weighted by Gasteiger charge is 2.45. The zero-order chi connectivity index (χ0) is 22.1. The Morgan fingerprint density at radius 3 is 2.48 bits per heavy atom. The number of methoxy groups -OCH3 is 1. The Hall–Kier alpha value is -2.87. The zero-order valence-corrected chi connectivity index (χ0v) is 18.3. The molecule has 1 aromatic carbocycles. The number of carbonyl (C=O) groups excluding carboxylic acids is 1. The fraction of sp³-hybridized carbons (Fsp3) is 0.522. The van der Waals surface area contributed by atoms with Crippen molar-refractivity contribution in [3.05, 3.63) is 47.8 Å². The van der Waals surface area contributed by atoms with E-state index < -0.39 is 12.0 Å². The van der Waals surface area contributed by atoms with Crippen LogP contribution in [0.15, 0.2) is 36.7 Å². The van der Waals surface area contributed by atoms with E-state index in [0.717, 1.165) is 29.8 Å². The van der Waals surface area contributed by atoms with E-state index in [4.69, 9.17) is 4.74 Å². The van der Waals surface area contributed by atoms with Gasteiger partial charge in [0, 0.05) is 32.3 Å². The summed E-state index contributed by atoms with van der Waals surface area (Å²) in [6.45, 7) is 1.24. The first kappa shape index (κ1) is 21.4. The Labute approximate surface area is 182 Å². The van der Waals surface area contributed by atoms with Crippen molar-refractivity contribution in [3.8, 4) is 5.75 Å². The van der Waals surface area contributed by atoms with Gasteiger partial charge in [0.1, 0.15) is 11.8 Å². The maximum atomic E-state index is 13.4. The van der Waals surface area contributed by atoms with Gasteiger partial charge in [-0.25, -0.2) is 4.79 Å². The number of rotatable bonds is 6. The Morgan fingerprint density at radius 1 is 1.13 bits per heavy atom. The van der Waals surface area contributed by atoms with Crippen LogP contribution in [0.1, 0.15) is 29.9 Å².